The smallest absolute Gasteiger partial charge is 0.145 e. The quantitative estimate of drug-likeness (QED) is 0.216. The van der Waals surface area contributed by atoms with Crippen molar-refractivity contribution in [1.82, 2.24) is 9.13 Å². The van der Waals surface area contributed by atoms with Crippen LogP contribution in [0.25, 0.3) is 76.9 Å². The fourth-order valence-corrected chi connectivity index (χ4v) is 6.86. The first-order valence-corrected chi connectivity index (χ1v) is 14.1. The van der Waals surface area contributed by atoms with Crippen LogP contribution >= 0.6 is 0 Å². The van der Waals surface area contributed by atoms with Crippen molar-refractivity contribution in [3.05, 3.63) is 132 Å². The second-order valence-corrected chi connectivity index (χ2v) is 10.7. The summed E-state index contributed by atoms with van der Waals surface area (Å²) >= 11 is 0. The molecule has 198 valence electrons. The molecule has 0 radical (unpaired) electrons. The van der Waals surface area contributed by atoms with E-state index < -0.39 is 0 Å². The molecule has 0 atom stereocenters. The van der Waals surface area contributed by atoms with Crippen LogP contribution in [-0.4, -0.2) is 9.13 Å². The summed E-state index contributed by atoms with van der Waals surface area (Å²) in [4.78, 5) is 0. The van der Waals surface area contributed by atoms with Gasteiger partial charge in [-0.2, -0.15) is 10.5 Å². The normalized spacial score (nSPS) is 11.7. The van der Waals surface area contributed by atoms with Crippen molar-refractivity contribution in [2.75, 3.05) is 0 Å². The lowest BCUT2D eigenvalue weighted by atomic mass is 10.0. The van der Waals surface area contributed by atoms with E-state index in [0.29, 0.717) is 22.5 Å². The Bertz CT molecular complexity index is 2650. The average molecular weight is 549 g/mol. The monoisotopic (exact) mass is 548 g/mol. The molecule has 0 aliphatic carbocycles. The van der Waals surface area contributed by atoms with Gasteiger partial charge in [0.05, 0.1) is 44.4 Å². The van der Waals surface area contributed by atoms with Crippen LogP contribution in [0.1, 0.15) is 11.1 Å². The lowest BCUT2D eigenvalue weighted by Gasteiger charge is -2.17. The minimum Gasteiger partial charge on any atom is -0.455 e. The molecule has 5 nitrogen and oxygen atoms in total. The molecule has 0 bridgehead atoms. The molecular weight excluding hydrogens is 528 g/mol. The highest BCUT2D eigenvalue weighted by Crippen LogP contribution is 2.42. The molecule has 3 heterocycles. The second-order valence-electron chi connectivity index (χ2n) is 10.7. The summed E-state index contributed by atoms with van der Waals surface area (Å²) in [5.74, 6) is 0. The summed E-state index contributed by atoms with van der Waals surface area (Å²) in [7, 11) is 0. The van der Waals surface area contributed by atoms with Gasteiger partial charge in [-0.25, -0.2) is 0 Å². The summed E-state index contributed by atoms with van der Waals surface area (Å²) in [5.41, 5.74) is 7.60. The van der Waals surface area contributed by atoms with E-state index in [0.717, 1.165) is 65.6 Å². The van der Waals surface area contributed by atoms with E-state index in [-0.39, 0.29) is 0 Å². The van der Waals surface area contributed by atoms with Crippen LogP contribution < -0.4 is 0 Å². The van der Waals surface area contributed by atoms with Crippen LogP contribution in [0.3, 0.4) is 0 Å². The van der Waals surface area contributed by atoms with Crippen LogP contribution in [0, 0.1) is 22.7 Å². The predicted octanol–water partition coefficient (Wildman–Crippen LogP) is 9.52. The number of fused-ring (bicyclic) bond motifs is 10. The number of hydrogen-bond donors (Lipinski definition) is 0. The number of furan rings is 1. The predicted molar refractivity (Wildman–Crippen MR) is 172 cm³/mol. The third-order valence-electron chi connectivity index (χ3n) is 8.61. The van der Waals surface area contributed by atoms with Crippen LogP contribution in [0.15, 0.2) is 126 Å². The molecule has 6 aromatic carbocycles. The fourth-order valence-electron chi connectivity index (χ4n) is 6.86. The third-order valence-corrected chi connectivity index (χ3v) is 8.61. The van der Waals surface area contributed by atoms with Gasteiger partial charge in [0.15, 0.2) is 0 Å². The van der Waals surface area contributed by atoms with Gasteiger partial charge < -0.3 is 13.6 Å². The number of benzene rings is 6. The van der Waals surface area contributed by atoms with E-state index >= 15 is 0 Å². The zero-order chi connectivity index (χ0) is 28.7. The van der Waals surface area contributed by atoms with Gasteiger partial charge in [-0.15, -0.1) is 0 Å². The molecule has 0 saturated heterocycles. The first-order valence-electron chi connectivity index (χ1n) is 14.1. The van der Waals surface area contributed by atoms with Crippen molar-refractivity contribution in [1.29, 1.82) is 10.5 Å². The zero-order valence-electron chi connectivity index (χ0n) is 22.7. The Morgan fingerprint density at radius 3 is 1.77 bits per heavy atom. The standard InChI is InChI=1S/C38H20N4O/c39-21-23-17-19-33(29(22-40)37(23)42-30-13-5-1-9-24(30)25-10-2-6-14-31(25)42)41-32-15-7-3-12-28(32)36-34(41)20-18-27-26-11-4-8-16-35(26)43-38(27)36/h1-20H. The Morgan fingerprint density at radius 2 is 1.09 bits per heavy atom. The van der Waals surface area contributed by atoms with Crippen molar-refractivity contribution in [2.45, 2.75) is 0 Å². The maximum atomic E-state index is 10.9. The summed E-state index contributed by atoms with van der Waals surface area (Å²) in [6.07, 6.45) is 0. The van der Waals surface area contributed by atoms with E-state index in [9.17, 15) is 10.5 Å². The van der Waals surface area contributed by atoms with Crippen molar-refractivity contribution in [3.8, 4) is 23.5 Å². The van der Waals surface area contributed by atoms with Gasteiger partial charge in [0.25, 0.3) is 0 Å². The molecular formula is C38H20N4O. The number of nitriles is 2. The summed E-state index contributed by atoms with van der Waals surface area (Å²) in [6.45, 7) is 0. The third kappa shape index (κ3) is 3.03. The topological polar surface area (TPSA) is 70.6 Å². The van der Waals surface area contributed by atoms with Gasteiger partial charge in [0, 0.05) is 26.9 Å². The van der Waals surface area contributed by atoms with Gasteiger partial charge in [0.1, 0.15) is 28.9 Å². The molecule has 0 saturated carbocycles. The number of hydrogen-bond acceptors (Lipinski definition) is 3. The highest BCUT2D eigenvalue weighted by atomic mass is 16.3. The fraction of sp³-hybridized carbons (Fsp3) is 0. The number of nitrogens with zero attached hydrogens (tertiary/aromatic N) is 4. The molecule has 9 rings (SSSR count). The molecule has 0 aliphatic rings. The largest absolute Gasteiger partial charge is 0.455 e. The van der Waals surface area contributed by atoms with Crippen molar-refractivity contribution in [2.24, 2.45) is 0 Å². The van der Waals surface area contributed by atoms with E-state index in [4.69, 9.17) is 4.42 Å². The van der Waals surface area contributed by atoms with E-state index in [1.54, 1.807) is 0 Å². The van der Waals surface area contributed by atoms with Gasteiger partial charge in [-0.3, -0.25) is 0 Å². The Kier molecular flexibility index (Phi) is 4.68. The van der Waals surface area contributed by atoms with Crippen molar-refractivity contribution in [3.63, 3.8) is 0 Å². The molecule has 0 aliphatic heterocycles. The van der Waals surface area contributed by atoms with E-state index in [1.807, 2.05) is 78.9 Å². The first kappa shape index (κ1) is 23.4. The lowest BCUT2D eigenvalue weighted by Crippen LogP contribution is -2.06. The number of para-hydroxylation sites is 4. The summed E-state index contributed by atoms with van der Waals surface area (Å²) in [5, 5.41) is 27.5. The number of aromatic nitrogens is 2. The van der Waals surface area contributed by atoms with Gasteiger partial charge in [0.2, 0.25) is 0 Å². The molecule has 0 N–H and O–H groups in total. The minimum atomic E-state index is 0.429. The highest BCUT2D eigenvalue weighted by Gasteiger charge is 2.24. The van der Waals surface area contributed by atoms with E-state index in [2.05, 4.69) is 63.7 Å². The Hall–Kier alpha value is -6.30. The maximum Gasteiger partial charge on any atom is 0.145 e. The van der Waals surface area contributed by atoms with Crippen LogP contribution in [0.2, 0.25) is 0 Å². The molecule has 0 unspecified atom stereocenters. The summed E-state index contributed by atoms with van der Waals surface area (Å²) in [6, 6.07) is 45.4. The molecule has 0 spiro atoms. The highest BCUT2D eigenvalue weighted by molar-refractivity contribution is 6.24. The maximum absolute atomic E-state index is 10.9. The molecule has 0 amide bonds. The summed E-state index contributed by atoms with van der Waals surface area (Å²) < 4.78 is 10.7. The molecule has 9 aromatic rings. The molecule has 5 heteroatoms. The van der Waals surface area contributed by atoms with Crippen LogP contribution in [0.5, 0.6) is 0 Å². The Balaban J connectivity index is 1.45. The Labute approximate surface area is 245 Å². The van der Waals surface area contributed by atoms with Crippen LogP contribution in [0.4, 0.5) is 0 Å². The number of rotatable bonds is 2. The average Bonchev–Trinajstić information content (AvgIpc) is 3.71. The Morgan fingerprint density at radius 1 is 0.488 bits per heavy atom. The molecule has 0 fully saturated rings. The van der Waals surface area contributed by atoms with Crippen molar-refractivity contribution >= 4 is 65.6 Å². The first-order chi connectivity index (χ1) is 21.3. The van der Waals surface area contributed by atoms with Crippen molar-refractivity contribution < 1.29 is 4.42 Å². The molecule has 3 aromatic heterocycles. The van der Waals surface area contributed by atoms with Gasteiger partial charge in [-0.1, -0.05) is 72.8 Å². The van der Waals surface area contributed by atoms with Crippen LogP contribution in [-0.2, 0) is 0 Å². The van der Waals surface area contributed by atoms with E-state index in [1.165, 1.54) is 0 Å². The SMILES string of the molecule is N#Cc1ccc(-n2c3ccccc3c3c4oc5ccccc5c4ccc32)c(C#N)c1-n1c2ccccc2c2ccccc21. The second kappa shape index (κ2) is 8.60. The minimum absolute atomic E-state index is 0.429. The molecule has 43 heavy (non-hydrogen) atoms. The zero-order valence-corrected chi connectivity index (χ0v) is 22.7. The van der Waals surface area contributed by atoms with Gasteiger partial charge >= 0.3 is 0 Å². The lowest BCUT2D eigenvalue weighted by molar-refractivity contribution is 0.673. The van der Waals surface area contributed by atoms with Gasteiger partial charge in [-0.05, 0) is 48.5 Å².